The van der Waals surface area contributed by atoms with Gasteiger partial charge in [0.1, 0.15) is 5.82 Å². The van der Waals surface area contributed by atoms with Crippen LogP contribution in [0.3, 0.4) is 0 Å². The molecule has 0 aliphatic heterocycles. The van der Waals surface area contributed by atoms with Crippen LogP contribution in [0.1, 0.15) is 27.0 Å². The zero-order valence-corrected chi connectivity index (χ0v) is 17.1. The first-order chi connectivity index (χ1) is 15.0. The topological polar surface area (TPSA) is 151 Å². The number of imidazole rings is 1. The number of H-pyrrole nitrogens is 4. The summed E-state index contributed by atoms with van der Waals surface area (Å²) < 4.78 is 0. The predicted octanol–water partition coefficient (Wildman–Crippen LogP) is 2.79. The molecule has 1 aromatic carbocycles. The van der Waals surface area contributed by atoms with E-state index in [9.17, 15) is 14.4 Å². The number of carbonyl (C=O) groups excluding carboxylic acids is 2. The molecule has 4 heterocycles. The Morgan fingerprint density at radius 1 is 1.06 bits per heavy atom. The zero-order valence-electron chi connectivity index (χ0n) is 16.3. The van der Waals surface area contributed by atoms with Crippen LogP contribution in [0.15, 0.2) is 41.5 Å². The first-order valence-corrected chi connectivity index (χ1v) is 10.3. The van der Waals surface area contributed by atoms with Crippen molar-refractivity contribution in [2.24, 2.45) is 0 Å². The van der Waals surface area contributed by atoms with Crippen LogP contribution in [0, 0.1) is 0 Å². The molecular weight excluding hydrogens is 418 g/mol. The van der Waals surface area contributed by atoms with Gasteiger partial charge < -0.3 is 25.6 Å². The molecule has 5 rings (SSSR count). The number of hydrogen-bond acceptors (Lipinski definition) is 5. The third-order valence-corrected chi connectivity index (χ3v) is 5.98. The summed E-state index contributed by atoms with van der Waals surface area (Å²) in [6.07, 6.45) is 3.44. The Hall–Kier alpha value is -4.12. The minimum Gasteiger partial charge on any atom is -0.352 e. The molecule has 4 aromatic heterocycles. The van der Waals surface area contributed by atoms with Crippen LogP contribution >= 0.6 is 11.3 Å². The first-order valence-electron chi connectivity index (χ1n) is 9.49. The number of carbonyl (C=O) groups is 2. The molecule has 0 atom stereocenters. The first kappa shape index (κ1) is 18.9. The Balaban J connectivity index is 1.55. The summed E-state index contributed by atoms with van der Waals surface area (Å²) in [7, 11) is 0. The predicted molar refractivity (Wildman–Crippen MR) is 119 cm³/mol. The van der Waals surface area contributed by atoms with Gasteiger partial charge >= 0.3 is 5.69 Å². The Bertz CT molecular complexity index is 1490. The van der Waals surface area contributed by atoms with Crippen molar-refractivity contribution in [3.63, 3.8) is 0 Å². The monoisotopic (exact) mass is 435 g/mol. The SMILES string of the molecule is CCNC(=O)c1c(NC(=O)c2ccc(-c3cn[nH]c3)s2)[nH]c2cc3[nH]c(=O)[nH]c3cc12. The lowest BCUT2D eigenvalue weighted by atomic mass is 10.1. The molecule has 0 aliphatic rings. The van der Waals surface area contributed by atoms with E-state index in [0.717, 1.165) is 10.4 Å². The fourth-order valence-electron chi connectivity index (χ4n) is 3.48. The smallest absolute Gasteiger partial charge is 0.323 e. The van der Waals surface area contributed by atoms with Gasteiger partial charge in [-0.2, -0.15) is 5.10 Å². The number of nitrogens with one attached hydrogen (secondary N) is 6. The van der Waals surface area contributed by atoms with Gasteiger partial charge in [-0.3, -0.25) is 14.7 Å². The lowest BCUT2D eigenvalue weighted by molar-refractivity contribution is 0.0958. The number of hydrogen-bond donors (Lipinski definition) is 6. The fraction of sp³-hybridized carbons (Fsp3) is 0.100. The normalized spacial score (nSPS) is 11.3. The van der Waals surface area contributed by atoms with E-state index in [1.54, 1.807) is 30.6 Å². The number of amides is 2. The number of fused-ring (bicyclic) bond motifs is 2. The van der Waals surface area contributed by atoms with Crippen molar-refractivity contribution in [1.29, 1.82) is 0 Å². The summed E-state index contributed by atoms with van der Waals surface area (Å²) >= 11 is 1.32. The van der Waals surface area contributed by atoms with Crippen molar-refractivity contribution in [2.45, 2.75) is 6.92 Å². The molecule has 6 N–H and O–H groups in total. The van der Waals surface area contributed by atoms with Gasteiger partial charge in [-0.05, 0) is 31.2 Å². The largest absolute Gasteiger partial charge is 0.352 e. The second kappa shape index (κ2) is 7.29. The van der Waals surface area contributed by atoms with Gasteiger partial charge in [0.25, 0.3) is 11.8 Å². The van der Waals surface area contributed by atoms with Crippen LogP contribution in [0.25, 0.3) is 32.4 Å². The van der Waals surface area contributed by atoms with Crippen LogP contribution in [-0.4, -0.2) is 43.5 Å². The van der Waals surface area contributed by atoms with E-state index in [4.69, 9.17) is 0 Å². The van der Waals surface area contributed by atoms with Crippen molar-refractivity contribution in [1.82, 2.24) is 30.5 Å². The molecule has 2 amide bonds. The van der Waals surface area contributed by atoms with Gasteiger partial charge in [-0.1, -0.05) is 0 Å². The van der Waals surface area contributed by atoms with Crippen LogP contribution < -0.4 is 16.3 Å². The number of rotatable bonds is 5. The maximum Gasteiger partial charge on any atom is 0.323 e. The molecule has 0 spiro atoms. The van der Waals surface area contributed by atoms with Gasteiger partial charge in [0.05, 0.1) is 33.2 Å². The van der Waals surface area contributed by atoms with Crippen molar-refractivity contribution in [3.05, 3.63) is 57.6 Å². The number of nitrogens with zero attached hydrogens (tertiary/aromatic N) is 1. The maximum absolute atomic E-state index is 12.9. The molecule has 31 heavy (non-hydrogen) atoms. The van der Waals surface area contributed by atoms with Gasteiger partial charge in [-0.15, -0.1) is 11.3 Å². The van der Waals surface area contributed by atoms with E-state index in [2.05, 4.69) is 35.8 Å². The molecule has 156 valence electrons. The molecular formula is C20H17N7O3S. The van der Waals surface area contributed by atoms with Crippen LogP contribution in [0.5, 0.6) is 0 Å². The van der Waals surface area contributed by atoms with E-state index in [-0.39, 0.29) is 17.5 Å². The highest BCUT2D eigenvalue weighted by molar-refractivity contribution is 7.17. The molecule has 0 fully saturated rings. The molecule has 0 radical (unpaired) electrons. The molecule has 10 nitrogen and oxygen atoms in total. The standard InChI is InChI=1S/C20H17N7O3S/c1-2-21-19(29)16-10-5-12-13(26-20(30)25-12)6-11(10)24-17(16)27-18(28)15-4-3-14(31-15)9-7-22-23-8-9/h3-8,24H,2H2,1H3,(H,21,29)(H,22,23)(H,27,28)(H2,25,26,30). The quantitative estimate of drug-likeness (QED) is 0.251. The zero-order chi connectivity index (χ0) is 21.5. The Kier molecular flexibility index (Phi) is 4.44. The molecule has 0 bridgehead atoms. The summed E-state index contributed by atoms with van der Waals surface area (Å²) in [4.78, 5) is 47.2. The molecule has 0 unspecified atom stereocenters. The summed E-state index contributed by atoms with van der Waals surface area (Å²) in [6, 6.07) is 7.01. The second-order valence-electron chi connectivity index (χ2n) is 6.86. The van der Waals surface area contributed by atoms with Gasteiger partial charge in [0, 0.05) is 28.6 Å². The maximum atomic E-state index is 12.9. The van der Waals surface area contributed by atoms with E-state index >= 15 is 0 Å². The van der Waals surface area contributed by atoms with Crippen LogP contribution in [0.2, 0.25) is 0 Å². The van der Waals surface area contributed by atoms with E-state index in [0.29, 0.717) is 44.7 Å². The molecule has 5 aromatic rings. The average Bonchev–Trinajstić information content (AvgIpc) is 3.50. The van der Waals surface area contributed by atoms with Crippen LogP contribution in [0.4, 0.5) is 5.82 Å². The summed E-state index contributed by atoms with van der Waals surface area (Å²) in [6.45, 7) is 2.25. The van der Waals surface area contributed by atoms with Crippen LogP contribution in [-0.2, 0) is 0 Å². The van der Waals surface area contributed by atoms with Crippen molar-refractivity contribution in [3.8, 4) is 10.4 Å². The van der Waals surface area contributed by atoms with Gasteiger partial charge in [0.2, 0.25) is 0 Å². The lowest BCUT2D eigenvalue weighted by Gasteiger charge is -2.06. The number of anilines is 1. The minimum absolute atomic E-state index is 0.291. The number of benzene rings is 1. The number of thiophene rings is 1. The third kappa shape index (κ3) is 3.30. The summed E-state index contributed by atoms with van der Waals surface area (Å²) in [5.41, 5.74) is 2.65. The van der Waals surface area contributed by atoms with Crippen molar-refractivity contribution >= 4 is 50.9 Å². The Labute approximate surface area is 178 Å². The minimum atomic E-state index is -0.337. The highest BCUT2D eigenvalue weighted by Crippen LogP contribution is 2.31. The fourth-order valence-corrected chi connectivity index (χ4v) is 4.36. The second-order valence-corrected chi connectivity index (χ2v) is 7.95. The molecule has 0 aliphatic carbocycles. The summed E-state index contributed by atoms with van der Waals surface area (Å²) in [5.74, 6) is -0.374. The van der Waals surface area contributed by atoms with Crippen molar-refractivity contribution < 1.29 is 9.59 Å². The van der Waals surface area contributed by atoms with Crippen molar-refractivity contribution in [2.75, 3.05) is 11.9 Å². The molecule has 11 heteroatoms. The number of aromatic nitrogens is 5. The molecule has 0 saturated heterocycles. The highest BCUT2D eigenvalue weighted by Gasteiger charge is 2.22. The number of aromatic amines is 4. The summed E-state index contributed by atoms with van der Waals surface area (Å²) in [5, 5.41) is 12.9. The molecule has 0 saturated carbocycles. The van der Waals surface area contributed by atoms with E-state index < -0.39 is 0 Å². The lowest BCUT2D eigenvalue weighted by Crippen LogP contribution is -2.24. The average molecular weight is 435 g/mol. The Morgan fingerprint density at radius 2 is 1.87 bits per heavy atom. The Morgan fingerprint density at radius 3 is 2.61 bits per heavy atom. The van der Waals surface area contributed by atoms with Gasteiger partial charge in [-0.25, -0.2) is 4.79 Å². The van der Waals surface area contributed by atoms with E-state index in [1.165, 1.54) is 11.3 Å². The van der Waals surface area contributed by atoms with Gasteiger partial charge in [0.15, 0.2) is 0 Å². The highest BCUT2D eigenvalue weighted by atomic mass is 32.1. The van der Waals surface area contributed by atoms with E-state index in [1.807, 2.05) is 13.0 Å². The third-order valence-electron chi connectivity index (χ3n) is 4.85.